The summed E-state index contributed by atoms with van der Waals surface area (Å²) in [6.45, 7) is 2.69. The number of hydrogen-bond donors (Lipinski definition) is 10. The van der Waals surface area contributed by atoms with Crippen LogP contribution < -0.4 is 11.1 Å². The van der Waals surface area contributed by atoms with Crippen LogP contribution in [0.3, 0.4) is 0 Å². The van der Waals surface area contributed by atoms with Crippen LogP contribution in [0.5, 0.6) is 0 Å². The molecule has 16 nitrogen and oxygen atoms in total. The highest BCUT2D eigenvalue weighted by atomic mass is 16.6. The van der Waals surface area contributed by atoms with E-state index in [-0.39, 0.29) is 35.5 Å². The summed E-state index contributed by atoms with van der Waals surface area (Å²) in [4.78, 5) is 43.2. The van der Waals surface area contributed by atoms with Crippen molar-refractivity contribution in [1.29, 1.82) is 0 Å². The van der Waals surface area contributed by atoms with Crippen LogP contribution in [0.1, 0.15) is 47.8 Å². The van der Waals surface area contributed by atoms with Gasteiger partial charge in [0.2, 0.25) is 0 Å². The number of rotatable bonds is 12. The number of nitrogens with zero attached hydrogens (tertiary/aromatic N) is 2. The Balaban J connectivity index is 2.12. The Hall–Kier alpha value is -3.71. The molecule has 3 amide bonds. The maximum Gasteiger partial charge on any atom is 0.254 e. The number of likely N-dealkylation sites (N-methyl/N-ethyl adjacent to an activating group) is 2. The van der Waals surface area contributed by atoms with Gasteiger partial charge in [0.25, 0.3) is 17.7 Å². The van der Waals surface area contributed by atoms with Gasteiger partial charge in [0.1, 0.15) is 24.4 Å². The third kappa shape index (κ3) is 7.94. The van der Waals surface area contributed by atoms with Crippen LogP contribution >= 0.6 is 0 Å². The van der Waals surface area contributed by atoms with E-state index in [1.807, 2.05) is 0 Å². The molecule has 1 heterocycles. The number of carbonyl (C=O) groups is 3. The molecule has 1 aliphatic heterocycles. The number of amides is 3. The molecule has 1 aliphatic rings. The number of nitrogens with one attached hydrogen (secondary N) is 1. The smallest absolute Gasteiger partial charge is 0.254 e. The van der Waals surface area contributed by atoms with Crippen LogP contribution in [0.15, 0.2) is 18.2 Å². The lowest BCUT2D eigenvalue weighted by molar-refractivity contribution is -0.252. The van der Waals surface area contributed by atoms with E-state index >= 15 is 0 Å². The highest BCUT2D eigenvalue weighted by Gasteiger charge is 2.44. The number of hydrogen-bond acceptors (Lipinski definition) is 13. The number of aliphatic hydroxyl groups excluding tert-OH is 8. The highest BCUT2D eigenvalue weighted by molar-refractivity contribution is 6.07. The third-order valence-electron chi connectivity index (χ3n) is 8.54. The zero-order chi connectivity index (χ0) is 36.2. The van der Waals surface area contributed by atoms with E-state index in [4.69, 9.17) is 10.5 Å². The van der Waals surface area contributed by atoms with E-state index in [9.17, 15) is 55.2 Å². The third-order valence-corrected chi connectivity index (χ3v) is 8.54. The van der Waals surface area contributed by atoms with Gasteiger partial charge in [-0.25, -0.2) is 0 Å². The van der Waals surface area contributed by atoms with Gasteiger partial charge in [-0.05, 0) is 60.7 Å². The Bertz CT molecular complexity index is 1450. The zero-order valence-electron chi connectivity index (χ0n) is 27.5. The molecule has 0 saturated carbocycles. The number of aliphatic hydroxyl groups is 8. The highest BCUT2D eigenvalue weighted by Crippen LogP contribution is 2.37. The quantitative estimate of drug-likeness (QED) is 0.102. The summed E-state index contributed by atoms with van der Waals surface area (Å²) in [5.41, 5.74) is 8.55. The van der Waals surface area contributed by atoms with Gasteiger partial charge in [-0.1, -0.05) is 6.07 Å². The van der Waals surface area contributed by atoms with E-state index in [0.717, 1.165) is 0 Å². The van der Waals surface area contributed by atoms with Crippen molar-refractivity contribution in [2.24, 2.45) is 0 Å². The van der Waals surface area contributed by atoms with E-state index in [1.165, 1.54) is 42.1 Å². The Kier molecular flexibility index (Phi) is 13.0. The molecule has 0 aromatic heterocycles. The van der Waals surface area contributed by atoms with Gasteiger partial charge in [-0.3, -0.25) is 14.4 Å². The summed E-state index contributed by atoms with van der Waals surface area (Å²) >= 11 is 0. The number of ether oxygens (including phenoxy) is 1. The minimum Gasteiger partial charge on any atom is -0.398 e. The van der Waals surface area contributed by atoms with Crippen molar-refractivity contribution in [2.75, 3.05) is 52.7 Å². The average molecular weight is 679 g/mol. The fourth-order valence-corrected chi connectivity index (χ4v) is 6.00. The fraction of sp³-hybridized carbons (Fsp3) is 0.531. The lowest BCUT2D eigenvalue weighted by Crippen LogP contribution is -2.64. The molecule has 7 unspecified atom stereocenters. The molecular weight excluding hydrogens is 632 g/mol. The molecule has 0 aliphatic carbocycles. The summed E-state index contributed by atoms with van der Waals surface area (Å²) < 4.78 is 5.10. The monoisotopic (exact) mass is 678 g/mol. The first-order chi connectivity index (χ1) is 22.5. The molecule has 2 aromatic rings. The number of nitrogen functional groups attached to an aromatic ring is 1. The first-order valence-corrected chi connectivity index (χ1v) is 15.2. The molecule has 16 heteroatoms. The molecule has 0 bridgehead atoms. The molecule has 11 N–H and O–H groups in total. The largest absolute Gasteiger partial charge is 0.398 e. The number of benzene rings is 2. The number of anilines is 1. The van der Waals surface area contributed by atoms with Gasteiger partial charge in [0.15, 0.2) is 6.29 Å². The van der Waals surface area contributed by atoms with Crippen molar-refractivity contribution in [2.45, 2.75) is 63.6 Å². The first-order valence-electron chi connectivity index (χ1n) is 15.2. The fourth-order valence-electron chi connectivity index (χ4n) is 6.00. The molecule has 0 radical (unpaired) electrons. The summed E-state index contributed by atoms with van der Waals surface area (Å²) in [5.74, 6) is -1.92. The Morgan fingerprint density at radius 2 is 1.35 bits per heavy atom. The van der Waals surface area contributed by atoms with Crippen LogP contribution in [-0.4, -0.2) is 158 Å². The topological polar surface area (TPSA) is 267 Å². The van der Waals surface area contributed by atoms with Crippen LogP contribution in [0, 0.1) is 20.8 Å². The minimum absolute atomic E-state index is 0.0500. The molecule has 1 fully saturated rings. The van der Waals surface area contributed by atoms with Gasteiger partial charge >= 0.3 is 0 Å². The number of nitrogens with two attached hydrogens (primary N) is 1. The SMILES string of the molecule is Cc1c(C(=O)N(C)CC(O)CO)c(C)c(-c2ccc(C(=O)NC3C(O)OC(CO)C(O)C3O)c(N)c2)c(C)c1C(=O)N(C)CC(O)CO. The van der Waals surface area contributed by atoms with Crippen molar-refractivity contribution < 1.29 is 60.0 Å². The van der Waals surface area contributed by atoms with Crippen LogP contribution in [0.25, 0.3) is 11.1 Å². The van der Waals surface area contributed by atoms with E-state index in [0.29, 0.717) is 27.8 Å². The lowest BCUT2D eigenvalue weighted by atomic mass is 9.83. The summed E-state index contributed by atoms with van der Waals surface area (Å²) in [7, 11) is 2.87. The molecule has 1 saturated heterocycles. The molecule has 0 spiro atoms. The van der Waals surface area contributed by atoms with Crippen molar-refractivity contribution in [1.82, 2.24) is 15.1 Å². The molecular formula is C32H46N4O12. The maximum atomic E-state index is 13.8. The van der Waals surface area contributed by atoms with E-state index in [1.54, 1.807) is 20.8 Å². The van der Waals surface area contributed by atoms with Gasteiger partial charge in [0.05, 0.1) is 37.6 Å². The summed E-state index contributed by atoms with van der Waals surface area (Å²) in [5, 5.41) is 81.2. The summed E-state index contributed by atoms with van der Waals surface area (Å²) in [6.07, 6.45) is -8.70. The van der Waals surface area contributed by atoms with Crippen molar-refractivity contribution in [3.63, 3.8) is 0 Å². The second-order valence-electron chi connectivity index (χ2n) is 12.1. The second kappa shape index (κ2) is 16.1. The normalized spacial score (nSPS) is 22.1. The second-order valence-corrected chi connectivity index (χ2v) is 12.1. The molecule has 3 rings (SSSR count). The van der Waals surface area contributed by atoms with Gasteiger partial charge in [-0.2, -0.15) is 0 Å². The van der Waals surface area contributed by atoms with Crippen LogP contribution in [0.4, 0.5) is 5.69 Å². The predicted molar refractivity (Wildman–Crippen MR) is 172 cm³/mol. The van der Waals surface area contributed by atoms with Gasteiger partial charge in [-0.15, -0.1) is 0 Å². The first kappa shape index (κ1) is 38.7. The predicted octanol–water partition coefficient (Wildman–Crippen LogP) is -2.76. The Labute approximate surface area is 277 Å². The maximum absolute atomic E-state index is 13.8. The average Bonchev–Trinajstić information content (AvgIpc) is 3.04. The molecule has 2 aromatic carbocycles. The van der Waals surface area contributed by atoms with Crippen LogP contribution in [-0.2, 0) is 4.74 Å². The van der Waals surface area contributed by atoms with E-state index in [2.05, 4.69) is 5.32 Å². The lowest BCUT2D eigenvalue weighted by Gasteiger charge is -2.40. The van der Waals surface area contributed by atoms with Crippen molar-refractivity contribution in [3.05, 3.63) is 51.6 Å². The Morgan fingerprint density at radius 3 is 1.79 bits per heavy atom. The number of carbonyl (C=O) groups excluding carboxylic acids is 3. The van der Waals surface area contributed by atoms with Gasteiger partial charge < -0.3 is 66.4 Å². The van der Waals surface area contributed by atoms with Crippen molar-refractivity contribution in [3.8, 4) is 11.1 Å². The van der Waals surface area contributed by atoms with Crippen LogP contribution in [0.2, 0.25) is 0 Å². The van der Waals surface area contributed by atoms with Crippen molar-refractivity contribution >= 4 is 23.4 Å². The standard InChI is InChI=1S/C32H46N4O12/c1-14-23(17-6-7-20(21(33)8-17)29(44)34-26-28(43)27(42)22(13-39)48-32(26)47)15(2)25(31(46)36(5)10-19(41)12-38)16(3)24(14)30(45)35(4)9-18(40)11-37/h6-8,18-19,22,26-28,32,37-43,47H,9-13,33H2,1-5H3,(H,34,44). The molecule has 48 heavy (non-hydrogen) atoms. The Morgan fingerprint density at radius 1 is 0.854 bits per heavy atom. The van der Waals surface area contributed by atoms with E-state index < -0.39 is 80.4 Å². The van der Waals surface area contributed by atoms with Gasteiger partial charge in [0, 0.05) is 44.0 Å². The zero-order valence-corrected chi connectivity index (χ0v) is 27.5. The summed E-state index contributed by atoms with van der Waals surface area (Å²) in [6, 6.07) is 2.88. The molecule has 266 valence electrons. The molecule has 7 atom stereocenters. The minimum atomic E-state index is -1.75.